The van der Waals surface area contributed by atoms with Crippen LogP contribution in [0.2, 0.25) is 0 Å². The van der Waals surface area contributed by atoms with Gasteiger partial charge in [0.2, 0.25) is 0 Å². The minimum absolute atomic E-state index is 0.0535. The van der Waals surface area contributed by atoms with Crippen molar-refractivity contribution in [2.24, 2.45) is 5.73 Å². The van der Waals surface area contributed by atoms with E-state index in [0.29, 0.717) is 5.56 Å². The van der Waals surface area contributed by atoms with Crippen LogP contribution in [0.4, 0.5) is 0 Å². The number of rotatable bonds is 4. The van der Waals surface area contributed by atoms with Gasteiger partial charge in [-0.05, 0) is 24.6 Å². The molecule has 0 fully saturated rings. The van der Waals surface area contributed by atoms with E-state index in [0.717, 1.165) is 10.8 Å². The SMILES string of the molecule is Cc1cccc(CSc2ccc(C(=N)N)cn2)c1. The van der Waals surface area contributed by atoms with Crippen molar-refractivity contribution in [2.45, 2.75) is 17.7 Å². The maximum atomic E-state index is 7.30. The maximum absolute atomic E-state index is 7.30. The molecule has 0 amide bonds. The van der Waals surface area contributed by atoms with Gasteiger partial charge < -0.3 is 5.73 Å². The van der Waals surface area contributed by atoms with Crippen LogP contribution in [-0.4, -0.2) is 10.8 Å². The highest BCUT2D eigenvalue weighted by Crippen LogP contribution is 2.21. The number of aryl methyl sites for hydroxylation is 1. The maximum Gasteiger partial charge on any atom is 0.124 e. The number of nitrogens with two attached hydrogens (primary N) is 1. The molecule has 0 radical (unpaired) electrons. The van der Waals surface area contributed by atoms with Gasteiger partial charge in [0.15, 0.2) is 0 Å². The Kier molecular flexibility index (Phi) is 3.99. The van der Waals surface area contributed by atoms with Crippen LogP contribution in [0.25, 0.3) is 0 Å². The highest BCUT2D eigenvalue weighted by Gasteiger charge is 2.00. The third-order valence-electron chi connectivity index (χ3n) is 2.52. The molecule has 0 spiro atoms. The summed E-state index contributed by atoms with van der Waals surface area (Å²) >= 11 is 1.68. The lowest BCUT2D eigenvalue weighted by Crippen LogP contribution is -2.11. The van der Waals surface area contributed by atoms with Gasteiger partial charge in [-0.3, -0.25) is 5.41 Å². The third-order valence-corrected chi connectivity index (χ3v) is 3.53. The second kappa shape index (κ2) is 5.69. The van der Waals surface area contributed by atoms with Crippen LogP contribution in [0.1, 0.15) is 16.7 Å². The van der Waals surface area contributed by atoms with Crippen molar-refractivity contribution in [3.8, 4) is 0 Å². The van der Waals surface area contributed by atoms with Crippen molar-refractivity contribution < 1.29 is 0 Å². The molecule has 0 saturated heterocycles. The third kappa shape index (κ3) is 3.34. The molecule has 92 valence electrons. The van der Waals surface area contributed by atoms with Crippen LogP contribution in [0.5, 0.6) is 0 Å². The molecule has 1 aromatic heterocycles. The molecule has 1 heterocycles. The first kappa shape index (κ1) is 12.6. The number of thioether (sulfide) groups is 1. The molecule has 1 aromatic carbocycles. The first-order chi connectivity index (χ1) is 8.65. The highest BCUT2D eigenvalue weighted by atomic mass is 32.2. The summed E-state index contributed by atoms with van der Waals surface area (Å²) in [5.74, 6) is 0.950. The number of aromatic nitrogens is 1. The molecule has 18 heavy (non-hydrogen) atoms. The molecule has 2 aromatic rings. The number of amidine groups is 1. The fraction of sp³-hybridized carbons (Fsp3) is 0.143. The molecule has 2 rings (SSSR count). The number of hydrogen-bond donors (Lipinski definition) is 2. The predicted octanol–water partition coefficient (Wildman–Crippen LogP) is 2.97. The van der Waals surface area contributed by atoms with E-state index in [1.807, 2.05) is 12.1 Å². The van der Waals surface area contributed by atoms with Crippen LogP contribution in [-0.2, 0) is 5.75 Å². The molecule has 0 bridgehead atoms. The summed E-state index contributed by atoms with van der Waals surface area (Å²) in [6.07, 6.45) is 1.64. The Hall–Kier alpha value is -1.81. The van der Waals surface area contributed by atoms with Crippen LogP contribution < -0.4 is 5.73 Å². The van der Waals surface area contributed by atoms with Crippen molar-refractivity contribution in [1.29, 1.82) is 5.41 Å². The number of hydrogen-bond acceptors (Lipinski definition) is 3. The lowest BCUT2D eigenvalue weighted by atomic mass is 10.2. The quantitative estimate of drug-likeness (QED) is 0.503. The molecule has 0 aliphatic carbocycles. The molecule has 0 atom stereocenters. The van der Waals surface area contributed by atoms with Gasteiger partial charge in [-0.2, -0.15) is 0 Å². The summed E-state index contributed by atoms with van der Waals surface area (Å²) in [5.41, 5.74) is 8.60. The van der Waals surface area contributed by atoms with E-state index >= 15 is 0 Å². The van der Waals surface area contributed by atoms with Crippen molar-refractivity contribution >= 4 is 17.6 Å². The van der Waals surface area contributed by atoms with Gasteiger partial charge in [-0.25, -0.2) is 4.98 Å². The zero-order valence-electron chi connectivity index (χ0n) is 10.2. The van der Waals surface area contributed by atoms with E-state index in [2.05, 4.69) is 36.2 Å². The fourth-order valence-corrected chi connectivity index (χ4v) is 2.37. The lowest BCUT2D eigenvalue weighted by molar-refractivity contribution is 1.12. The molecule has 4 heteroatoms. The van der Waals surface area contributed by atoms with Crippen molar-refractivity contribution in [3.05, 3.63) is 59.3 Å². The van der Waals surface area contributed by atoms with E-state index in [-0.39, 0.29) is 5.84 Å². The first-order valence-electron chi connectivity index (χ1n) is 5.64. The number of pyridine rings is 1. The summed E-state index contributed by atoms with van der Waals surface area (Å²) in [5, 5.41) is 8.24. The van der Waals surface area contributed by atoms with Gasteiger partial charge in [-0.1, -0.05) is 29.8 Å². The second-order valence-electron chi connectivity index (χ2n) is 4.08. The van der Waals surface area contributed by atoms with E-state index in [1.165, 1.54) is 11.1 Å². The summed E-state index contributed by atoms with van der Waals surface area (Å²) in [6.45, 7) is 2.09. The molecule has 0 aliphatic heterocycles. The van der Waals surface area contributed by atoms with Crippen molar-refractivity contribution in [3.63, 3.8) is 0 Å². The lowest BCUT2D eigenvalue weighted by Gasteiger charge is -2.03. The topological polar surface area (TPSA) is 62.8 Å². The summed E-state index contributed by atoms with van der Waals surface area (Å²) in [7, 11) is 0. The Morgan fingerprint density at radius 3 is 2.78 bits per heavy atom. The van der Waals surface area contributed by atoms with Gasteiger partial charge in [0.1, 0.15) is 5.84 Å². The molecule has 0 unspecified atom stereocenters. The fourth-order valence-electron chi connectivity index (χ4n) is 1.58. The molecule has 3 nitrogen and oxygen atoms in total. The van der Waals surface area contributed by atoms with Crippen molar-refractivity contribution in [2.75, 3.05) is 0 Å². The van der Waals surface area contributed by atoms with Gasteiger partial charge in [0.05, 0.1) is 5.03 Å². The van der Waals surface area contributed by atoms with E-state index in [1.54, 1.807) is 18.0 Å². The van der Waals surface area contributed by atoms with Crippen LogP contribution >= 0.6 is 11.8 Å². The highest BCUT2D eigenvalue weighted by molar-refractivity contribution is 7.98. The van der Waals surface area contributed by atoms with E-state index < -0.39 is 0 Å². The Morgan fingerprint density at radius 2 is 2.17 bits per heavy atom. The Morgan fingerprint density at radius 1 is 1.33 bits per heavy atom. The molecule has 3 N–H and O–H groups in total. The summed E-state index contributed by atoms with van der Waals surface area (Å²) < 4.78 is 0. The number of nitrogens with one attached hydrogen (secondary N) is 1. The van der Waals surface area contributed by atoms with E-state index in [9.17, 15) is 0 Å². The van der Waals surface area contributed by atoms with Gasteiger partial charge >= 0.3 is 0 Å². The number of nitrogens with zero attached hydrogens (tertiary/aromatic N) is 1. The first-order valence-corrected chi connectivity index (χ1v) is 6.62. The number of benzene rings is 1. The molecular weight excluding hydrogens is 242 g/mol. The van der Waals surface area contributed by atoms with E-state index in [4.69, 9.17) is 11.1 Å². The Balaban J connectivity index is 2.00. The van der Waals surface area contributed by atoms with Crippen LogP contribution in [0.15, 0.2) is 47.6 Å². The van der Waals surface area contributed by atoms with Crippen LogP contribution in [0.3, 0.4) is 0 Å². The van der Waals surface area contributed by atoms with Crippen LogP contribution in [0, 0.1) is 12.3 Å². The number of nitrogen functional groups attached to an aromatic ring is 1. The molecule has 0 aliphatic rings. The van der Waals surface area contributed by atoms with Gasteiger partial charge in [-0.15, -0.1) is 11.8 Å². The average Bonchev–Trinajstić information content (AvgIpc) is 2.37. The van der Waals surface area contributed by atoms with Gasteiger partial charge in [0, 0.05) is 17.5 Å². The molecule has 0 saturated carbocycles. The minimum Gasteiger partial charge on any atom is -0.384 e. The Labute approximate surface area is 111 Å². The summed E-state index contributed by atoms with van der Waals surface area (Å²) in [4.78, 5) is 4.28. The Bertz CT molecular complexity index is 549. The smallest absolute Gasteiger partial charge is 0.124 e. The largest absolute Gasteiger partial charge is 0.384 e. The zero-order valence-corrected chi connectivity index (χ0v) is 11.0. The van der Waals surface area contributed by atoms with Gasteiger partial charge in [0.25, 0.3) is 0 Å². The average molecular weight is 257 g/mol. The zero-order chi connectivity index (χ0) is 13.0. The molecular formula is C14H15N3S. The summed E-state index contributed by atoms with van der Waals surface area (Å²) in [6, 6.07) is 12.2. The van der Waals surface area contributed by atoms with Crippen molar-refractivity contribution in [1.82, 2.24) is 4.98 Å². The second-order valence-corrected chi connectivity index (χ2v) is 5.07. The monoisotopic (exact) mass is 257 g/mol. The predicted molar refractivity (Wildman–Crippen MR) is 76.0 cm³/mol. The standard InChI is InChI=1S/C14H15N3S/c1-10-3-2-4-11(7-10)9-18-13-6-5-12(8-17-13)14(15)16/h2-8H,9H2,1H3,(H3,15,16). The normalized spacial score (nSPS) is 10.3. The minimum atomic E-state index is 0.0535.